The van der Waals surface area contributed by atoms with Crippen LogP contribution in [0.25, 0.3) is 5.52 Å². The summed E-state index contributed by atoms with van der Waals surface area (Å²) >= 11 is 6.42. The molecule has 2 aromatic rings. The first-order valence-corrected chi connectivity index (χ1v) is 10.1. The molecule has 148 valence electrons. The third-order valence-corrected chi connectivity index (χ3v) is 6.17. The molecule has 0 aliphatic carbocycles. The van der Waals surface area contributed by atoms with E-state index in [4.69, 9.17) is 21.1 Å². The van der Waals surface area contributed by atoms with E-state index in [0.29, 0.717) is 43.3 Å². The maximum atomic E-state index is 11.2. The molecule has 2 aliphatic rings. The van der Waals surface area contributed by atoms with Gasteiger partial charge in [0.1, 0.15) is 11.4 Å². The van der Waals surface area contributed by atoms with Crippen LogP contribution in [0.15, 0.2) is 18.5 Å². The number of nitrogens with zero attached hydrogens (tertiary/aromatic N) is 3. The van der Waals surface area contributed by atoms with Gasteiger partial charge in [-0.2, -0.15) is 0 Å². The lowest BCUT2D eigenvalue weighted by molar-refractivity contribution is -0.133. The molecule has 0 aromatic carbocycles. The van der Waals surface area contributed by atoms with E-state index in [1.807, 2.05) is 23.6 Å². The fraction of sp³-hybridized carbons (Fsp3) is 0.650. The summed E-state index contributed by atoms with van der Waals surface area (Å²) in [7, 11) is 0. The summed E-state index contributed by atoms with van der Waals surface area (Å²) in [6.07, 6.45) is 5.55. The summed E-state index contributed by atoms with van der Waals surface area (Å²) in [5.74, 6) is 1.36. The Labute approximate surface area is 165 Å². The topological polar surface area (TPSA) is 59.2 Å². The molecule has 0 unspecified atom stereocenters. The lowest BCUT2D eigenvalue weighted by atomic mass is 9.83. The van der Waals surface area contributed by atoms with Crippen LogP contribution >= 0.6 is 11.6 Å². The predicted octanol–water partition coefficient (Wildman–Crippen LogP) is 2.98. The molecule has 1 N–H and O–H groups in total. The van der Waals surface area contributed by atoms with Crippen molar-refractivity contribution in [3.63, 3.8) is 0 Å². The van der Waals surface area contributed by atoms with Crippen LogP contribution < -0.4 is 0 Å². The predicted molar refractivity (Wildman–Crippen MR) is 104 cm³/mol. The number of fused-ring (bicyclic) bond motifs is 1. The standard InChI is InChI=1S/C20H28ClN3O3/c1-13(2)17(4-5-19-26-6-7-27-19)23-11-20(25,12-23)15-8-16(21)18-9-22-14(3)24(18)10-15/h8-10,13,17,19,25H,4-7,11-12H2,1-3H3/t17-/m0/s1. The molecule has 7 heteroatoms. The van der Waals surface area contributed by atoms with E-state index < -0.39 is 5.60 Å². The van der Waals surface area contributed by atoms with E-state index in [9.17, 15) is 5.11 Å². The van der Waals surface area contributed by atoms with Crippen LogP contribution in [0.1, 0.15) is 38.1 Å². The molecule has 2 aromatic heterocycles. The number of aliphatic hydroxyl groups is 1. The van der Waals surface area contributed by atoms with Gasteiger partial charge in [0.25, 0.3) is 0 Å². The lowest BCUT2D eigenvalue weighted by Gasteiger charge is -2.51. The molecule has 0 bridgehead atoms. The molecule has 0 radical (unpaired) electrons. The quantitative estimate of drug-likeness (QED) is 0.817. The van der Waals surface area contributed by atoms with Crippen molar-refractivity contribution in [3.8, 4) is 0 Å². The molecule has 2 aliphatic heterocycles. The molecule has 0 saturated carbocycles. The van der Waals surface area contributed by atoms with Crippen molar-refractivity contribution in [1.82, 2.24) is 14.3 Å². The van der Waals surface area contributed by atoms with Gasteiger partial charge >= 0.3 is 0 Å². The molecule has 27 heavy (non-hydrogen) atoms. The van der Waals surface area contributed by atoms with Crippen molar-refractivity contribution < 1.29 is 14.6 Å². The maximum absolute atomic E-state index is 11.2. The van der Waals surface area contributed by atoms with Gasteiger partial charge in [-0.25, -0.2) is 4.98 Å². The largest absolute Gasteiger partial charge is 0.382 e. The van der Waals surface area contributed by atoms with Gasteiger partial charge in [0, 0.05) is 30.9 Å². The minimum atomic E-state index is -0.873. The van der Waals surface area contributed by atoms with Crippen molar-refractivity contribution >= 4 is 17.1 Å². The maximum Gasteiger partial charge on any atom is 0.157 e. The number of aromatic nitrogens is 2. The number of hydrogen-bond acceptors (Lipinski definition) is 5. The monoisotopic (exact) mass is 393 g/mol. The van der Waals surface area contributed by atoms with Gasteiger partial charge in [0.15, 0.2) is 6.29 Å². The number of halogens is 1. The van der Waals surface area contributed by atoms with Gasteiger partial charge in [-0.15, -0.1) is 0 Å². The van der Waals surface area contributed by atoms with Crippen molar-refractivity contribution in [2.45, 2.75) is 51.5 Å². The Hall–Kier alpha value is -1.18. The minimum absolute atomic E-state index is 0.0724. The van der Waals surface area contributed by atoms with Crippen LogP contribution in [0.5, 0.6) is 0 Å². The van der Waals surface area contributed by atoms with Crippen LogP contribution in [0.3, 0.4) is 0 Å². The average Bonchev–Trinajstić information content (AvgIpc) is 3.23. The van der Waals surface area contributed by atoms with E-state index in [2.05, 4.69) is 23.7 Å². The van der Waals surface area contributed by atoms with Crippen molar-refractivity contribution in [2.75, 3.05) is 26.3 Å². The highest BCUT2D eigenvalue weighted by atomic mass is 35.5. The van der Waals surface area contributed by atoms with Gasteiger partial charge < -0.3 is 19.0 Å². The first-order valence-electron chi connectivity index (χ1n) is 9.71. The summed E-state index contributed by atoms with van der Waals surface area (Å²) in [5.41, 5.74) is 0.846. The SMILES string of the molecule is Cc1ncc2c(Cl)cc(C3(O)CN([C@@H](CCC4OCCO4)C(C)C)C3)cn12. The Morgan fingerprint density at radius 3 is 2.70 bits per heavy atom. The van der Waals surface area contributed by atoms with E-state index in [1.54, 1.807) is 6.20 Å². The van der Waals surface area contributed by atoms with E-state index in [-0.39, 0.29) is 6.29 Å². The zero-order chi connectivity index (χ0) is 19.2. The first-order chi connectivity index (χ1) is 12.9. The number of pyridine rings is 1. The van der Waals surface area contributed by atoms with Crippen molar-refractivity contribution in [3.05, 3.63) is 34.9 Å². The van der Waals surface area contributed by atoms with Crippen LogP contribution in [0.4, 0.5) is 0 Å². The number of β-amino-alcohol motifs (C(OH)–C–C–N with tert-alkyl or cyclic N) is 1. The number of likely N-dealkylation sites (tertiary alicyclic amines) is 1. The van der Waals surface area contributed by atoms with Crippen molar-refractivity contribution in [1.29, 1.82) is 0 Å². The summed E-state index contributed by atoms with van der Waals surface area (Å²) in [6.45, 7) is 9.00. The minimum Gasteiger partial charge on any atom is -0.382 e. The molecule has 2 fully saturated rings. The zero-order valence-corrected chi connectivity index (χ0v) is 16.9. The second-order valence-electron chi connectivity index (χ2n) is 8.13. The van der Waals surface area contributed by atoms with Crippen molar-refractivity contribution in [2.24, 2.45) is 5.92 Å². The molecule has 2 saturated heterocycles. The third-order valence-electron chi connectivity index (χ3n) is 5.87. The Bertz CT molecular complexity index is 810. The van der Waals surface area contributed by atoms with E-state index in [1.165, 1.54) is 0 Å². The number of ether oxygens (including phenoxy) is 2. The Morgan fingerprint density at radius 2 is 2.04 bits per heavy atom. The van der Waals surface area contributed by atoms with Gasteiger partial charge in [-0.3, -0.25) is 4.90 Å². The van der Waals surface area contributed by atoms with E-state index >= 15 is 0 Å². The lowest BCUT2D eigenvalue weighted by Crippen LogP contribution is -2.63. The average molecular weight is 394 g/mol. The summed E-state index contributed by atoms with van der Waals surface area (Å²) in [4.78, 5) is 6.67. The summed E-state index contributed by atoms with van der Waals surface area (Å²) in [5, 5.41) is 11.8. The third kappa shape index (κ3) is 3.61. The highest BCUT2D eigenvalue weighted by Gasteiger charge is 2.46. The first kappa shape index (κ1) is 19.2. The van der Waals surface area contributed by atoms with Gasteiger partial charge in [0.05, 0.1) is 29.9 Å². The highest BCUT2D eigenvalue weighted by Crippen LogP contribution is 2.37. The summed E-state index contributed by atoms with van der Waals surface area (Å²) in [6, 6.07) is 2.27. The van der Waals surface area contributed by atoms with Gasteiger partial charge in [-0.05, 0) is 31.7 Å². The van der Waals surface area contributed by atoms with Crippen LogP contribution in [-0.2, 0) is 15.1 Å². The zero-order valence-electron chi connectivity index (χ0n) is 16.2. The van der Waals surface area contributed by atoms with Gasteiger partial charge in [0.2, 0.25) is 0 Å². The summed E-state index contributed by atoms with van der Waals surface area (Å²) < 4.78 is 13.1. The molecular weight excluding hydrogens is 366 g/mol. The second-order valence-corrected chi connectivity index (χ2v) is 8.54. The number of hydrogen-bond donors (Lipinski definition) is 1. The van der Waals surface area contributed by atoms with E-state index in [0.717, 1.165) is 29.7 Å². The smallest absolute Gasteiger partial charge is 0.157 e. The van der Waals surface area contributed by atoms with Crippen LogP contribution in [0, 0.1) is 12.8 Å². The Kier molecular flexibility index (Phi) is 5.20. The highest BCUT2D eigenvalue weighted by molar-refractivity contribution is 6.33. The van der Waals surface area contributed by atoms with Crippen LogP contribution in [0.2, 0.25) is 5.02 Å². The Balaban J connectivity index is 1.46. The fourth-order valence-electron chi connectivity index (χ4n) is 4.30. The number of imidazole rings is 1. The van der Waals surface area contributed by atoms with Gasteiger partial charge in [-0.1, -0.05) is 25.4 Å². The molecule has 4 rings (SSSR count). The molecule has 0 amide bonds. The van der Waals surface area contributed by atoms with Crippen LogP contribution in [-0.4, -0.2) is 58.0 Å². The number of rotatable bonds is 6. The molecular formula is C20H28ClN3O3. The normalized spacial score (nSPS) is 21.9. The Morgan fingerprint density at radius 1 is 1.33 bits per heavy atom. The molecule has 4 heterocycles. The second kappa shape index (κ2) is 7.33. The molecule has 1 atom stereocenters. The fourth-order valence-corrected chi connectivity index (χ4v) is 4.55. The molecule has 0 spiro atoms. The molecule has 6 nitrogen and oxygen atoms in total. The number of aryl methyl sites for hydroxylation is 1.